The number of allylic oxidation sites excluding steroid dienone is 1. The van der Waals surface area contributed by atoms with Crippen LogP contribution in [-0.2, 0) is 11.2 Å². The summed E-state index contributed by atoms with van der Waals surface area (Å²) in [6.07, 6.45) is 5.60. The normalized spacial score (nSPS) is 17.6. The third kappa shape index (κ3) is 3.84. The lowest BCUT2D eigenvalue weighted by Crippen LogP contribution is -2.50. The van der Waals surface area contributed by atoms with E-state index in [1.54, 1.807) is 11.3 Å². The molecular formula is C26H27N3O2S. The van der Waals surface area contributed by atoms with Crippen LogP contribution in [0.25, 0.3) is 22.6 Å². The molecule has 1 aliphatic carbocycles. The van der Waals surface area contributed by atoms with Crippen LogP contribution in [0.4, 0.5) is 0 Å². The number of pyridine rings is 1. The van der Waals surface area contributed by atoms with Crippen LogP contribution in [0.15, 0.2) is 41.8 Å². The van der Waals surface area contributed by atoms with Crippen molar-refractivity contribution in [3.05, 3.63) is 63.5 Å². The maximum absolute atomic E-state index is 13.8. The SMILES string of the molecule is CCC(=O)N1CCN(C(=O)c2c3c(nc4ccccc24)/C(=C\c2cccs2)CCC3)CC1. The molecule has 5 nitrogen and oxygen atoms in total. The fraction of sp³-hybridized carbons (Fsp3) is 0.346. The molecule has 3 heterocycles. The number of para-hydroxylation sites is 1. The molecule has 1 aliphatic heterocycles. The smallest absolute Gasteiger partial charge is 0.255 e. The van der Waals surface area contributed by atoms with E-state index in [1.807, 2.05) is 41.0 Å². The second-order valence-corrected chi connectivity index (χ2v) is 9.38. The molecular weight excluding hydrogens is 418 g/mol. The Hall–Kier alpha value is -2.99. The first-order valence-corrected chi connectivity index (χ1v) is 12.3. The van der Waals surface area contributed by atoms with Crippen LogP contribution in [-0.4, -0.2) is 52.8 Å². The molecule has 1 saturated heterocycles. The average Bonchev–Trinajstić information content (AvgIpc) is 3.35. The van der Waals surface area contributed by atoms with Gasteiger partial charge in [0.1, 0.15) is 0 Å². The van der Waals surface area contributed by atoms with Gasteiger partial charge < -0.3 is 9.80 Å². The summed E-state index contributed by atoms with van der Waals surface area (Å²) < 4.78 is 0. The lowest BCUT2D eigenvalue weighted by atomic mass is 9.86. The van der Waals surface area contributed by atoms with Gasteiger partial charge in [-0.1, -0.05) is 31.2 Å². The van der Waals surface area contributed by atoms with Gasteiger partial charge in [-0.3, -0.25) is 9.59 Å². The number of hydrogen-bond acceptors (Lipinski definition) is 4. The first kappa shape index (κ1) is 20.9. The summed E-state index contributed by atoms with van der Waals surface area (Å²) in [5.74, 6) is 0.230. The van der Waals surface area contributed by atoms with Gasteiger partial charge in [0.05, 0.1) is 16.8 Å². The zero-order valence-electron chi connectivity index (χ0n) is 18.3. The van der Waals surface area contributed by atoms with E-state index < -0.39 is 0 Å². The quantitative estimate of drug-likeness (QED) is 0.578. The van der Waals surface area contributed by atoms with Crippen LogP contribution >= 0.6 is 11.3 Å². The number of hydrogen-bond donors (Lipinski definition) is 0. The molecule has 0 unspecified atom stereocenters. The van der Waals surface area contributed by atoms with Crippen molar-refractivity contribution in [3.63, 3.8) is 0 Å². The maximum atomic E-state index is 13.8. The summed E-state index contributed by atoms with van der Waals surface area (Å²) in [5.41, 5.74) is 4.94. The molecule has 0 saturated carbocycles. The van der Waals surface area contributed by atoms with Crippen molar-refractivity contribution in [2.24, 2.45) is 0 Å². The Labute approximate surface area is 192 Å². The number of rotatable bonds is 3. The number of carbonyl (C=O) groups is 2. The third-order valence-corrected chi connectivity index (χ3v) is 7.29. The summed E-state index contributed by atoms with van der Waals surface area (Å²) >= 11 is 1.72. The van der Waals surface area contributed by atoms with Crippen LogP contribution in [0.2, 0.25) is 0 Å². The first-order chi connectivity index (χ1) is 15.7. The fourth-order valence-electron chi connectivity index (χ4n) is 4.81. The molecule has 3 aromatic rings. The Morgan fingerprint density at radius 2 is 1.81 bits per heavy atom. The maximum Gasteiger partial charge on any atom is 0.255 e. The van der Waals surface area contributed by atoms with E-state index in [4.69, 9.17) is 4.98 Å². The van der Waals surface area contributed by atoms with Crippen LogP contribution in [0.5, 0.6) is 0 Å². The fourth-order valence-corrected chi connectivity index (χ4v) is 5.49. The topological polar surface area (TPSA) is 53.5 Å². The van der Waals surface area contributed by atoms with Crippen LogP contribution < -0.4 is 0 Å². The second-order valence-electron chi connectivity index (χ2n) is 8.40. The van der Waals surface area contributed by atoms with Crippen molar-refractivity contribution in [2.75, 3.05) is 26.2 Å². The van der Waals surface area contributed by atoms with E-state index in [0.717, 1.165) is 47.0 Å². The molecule has 2 aromatic heterocycles. The van der Waals surface area contributed by atoms with Gasteiger partial charge in [0, 0.05) is 42.9 Å². The Morgan fingerprint density at radius 1 is 1.03 bits per heavy atom. The minimum absolute atomic E-state index is 0.0702. The predicted molar refractivity (Wildman–Crippen MR) is 130 cm³/mol. The molecule has 6 heteroatoms. The van der Waals surface area contributed by atoms with Crippen molar-refractivity contribution in [1.29, 1.82) is 0 Å². The monoisotopic (exact) mass is 445 g/mol. The van der Waals surface area contributed by atoms with Crippen LogP contribution in [0.3, 0.4) is 0 Å². The number of carbonyl (C=O) groups excluding carboxylic acids is 2. The van der Waals surface area contributed by atoms with E-state index in [2.05, 4.69) is 23.6 Å². The van der Waals surface area contributed by atoms with Gasteiger partial charge in [-0.25, -0.2) is 4.98 Å². The molecule has 1 fully saturated rings. The number of piperazine rings is 1. The number of thiophene rings is 1. The molecule has 0 atom stereocenters. The van der Waals surface area contributed by atoms with Gasteiger partial charge in [0.2, 0.25) is 5.91 Å². The largest absolute Gasteiger partial charge is 0.339 e. The van der Waals surface area contributed by atoms with E-state index in [1.165, 1.54) is 10.5 Å². The molecule has 0 N–H and O–H groups in total. The average molecular weight is 446 g/mol. The number of fused-ring (bicyclic) bond motifs is 2. The van der Waals surface area contributed by atoms with Gasteiger partial charge in [0.15, 0.2) is 0 Å². The van der Waals surface area contributed by atoms with Crippen LogP contribution in [0.1, 0.15) is 52.7 Å². The van der Waals surface area contributed by atoms with Crippen molar-refractivity contribution < 1.29 is 9.59 Å². The van der Waals surface area contributed by atoms with E-state index in [9.17, 15) is 9.59 Å². The van der Waals surface area contributed by atoms with E-state index in [-0.39, 0.29) is 11.8 Å². The van der Waals surface area contributed by atoms with Crippen molar-refractivity contribution in [1.82, 2.24) is 14.8 Å². The standard InChI is InChI=1S/C26H27N3O2S/c1-2-23(30)28-12-14-29(15-13-28)26(31)24-20-9-3-4-11-22(20)27-25-18(7-5-10-21(24)25)17-19-8-6-16-32-19/h3-4,6,8-9,11,16-17H,2,5,7,10,12-15H2,1H3/b18-17-. The van der Waals surface area contributed by atoms with Crippen LogP contribution in [0, 0.1) is 0 Å². The lowest BCUT2D eigenvalue weighted by Gasteiger charge is -2.35. The van der Waals surface area contributed by atoms with Crippen molar-refractivity contribution in [2.45, 2.75) is 32.6 Å². The molecule has 32 heavy (non-hydrogen) atoms. The summed E-state index contributed by atoms with van der Waals surface area (Å²) in [6.45, 7) is 4.25. The van der Waals surface area contributed by atoms with E-state index >= 15 is 0 Å². The molecule has 164 valence electrons. The Bertz CT molecular complexity index is 1190. The van der Waals surface area contributed by atoms with Gasteiger partial charge >= 0.3 is 0 Å². The molecule has 2 amide bonds. The molecule has 1 aromatic carbocycles. The summed E-state index contributed by atoms with van der Waals surface area (Å²) in [4.78, 5) is 35.9. The highest BCUT2D eigenvalue weighted by atomic mass is 32.1. The van der Waals surface area contributed by atoms with Gasteiger partial charge in [-0.15, -0.1) is 11.3 Å². The Balaban J connectivity index is 1.56. The minimum Gasteiger partial charge on any atom is -0.339 e. The van der Waals surface area contributed by atoms with Gasteiger partial charge in [-0.05, 0) is 54.0 Å². The number of amides is 2. The molecule has 2 aliphatic rings. The highest BCUT2D eigenvalue weighted by Gasteiger charge is 2.30. The minimum atomic E-state index is 0.0702. The van der Waals surface area contributed by atoms with Crippen molar-refractivity contribution in [3.8, 4) is 0 Å². The summed E-state index contributed by atoms with van der Waals surface area (Å²) in [6, 6.07) is 12.2. The predicted octanol–water partition coefficient (Wildman–Crippen LogP) is 4.87. The summed E-state index contributed by atoms with van der Waals surface area (Å²) in [5, 5.41) is 3.02. The zero-order chi connectivity index (χ0) is 22.1. The van der Waals surface area contributed by atoms with E-state index in [0.29, 0.717) is 32.6 Å². The van der Waals surface area contributed by atoms with Gasteiger partial charge in [0.25, 0.3) is 5.91 Å². The van der Waals surface area contributed by atoms with Crippen molar-refractivity contribution >= 4 is 45.7 Å². The number of nitrogens with zero attached hydrogens (tertiary/aromatic N) is 3. The first-order valence-electron chi connectivity index (χ1n) is 11.4. The molecule has 5 rings (SSSR count). The number of benzene rings is 1. The lowest BCUT2D eigenvalue weighted by molar-refractivity contribution is -0.132. The Kier molecular flexibility index (Phi) is 5.79. The highest BCUT2D eigenvalue weighted by Crippen LogP contribution is 2.37. The third-order valence-electron chi connectivity index (χ3n) is 6.47. The van der Waals surface area contributed by atoms with Gasteiger partial charge in [-0.2, -0.15) is 0 Å². The zero-order valence-corrected chi connectivity index (χ0v) is 19.2. The molecule has 0 bridgehead atoms. The molecule has 0 radical (unpaired) electrons. The second kappa shape index (κ2) is 8.87. The highest BCUT2D eigenvalue weighted by molar-refractivity contribution is 7.10. The molecule has 0 spiro atoms. The summed E-state index contributed by atoms with van der Waals surface area (Å²) in [7, 11) is 0. The number of aromatic nitrogens is 1. The Morgan fingerprint density at radius 3 is 2.56 bits per heavy atom.